The highest BCUT2D eigenvalue weighted by Crippen LogP contribution is 2.51. The molecule has 3 fully saturated rings. The fourth-order valence-electron chi connectivity index (χ4n) is 4.31. The Balaban J connectivity index is 1.66. The lowest BCUT2D eigenvalue weighted by Crippen LogP contribution is -2.54. The van der Waals surface area contributed by atoms with Crippen molar-refractivity contribution in [3.05, 3.63) is 64.2 Å². The van der Waals surface area contributed by atoms with Gasteiger partial charge in [0.25, 0.3) is 5.91 Å². The van der Waals surface area contributed by atoms with Crippen LogP contribution in [0.1, 0.15) is 40.4 Å². The Hall–Kier alpha value is -2.25. The SMILES string of the molecule is Nc1ccc(C(NC(=O)c2cccc(C(F)(F)F)c2Cl)C23CC(CN2)C3)cc1. The highest BCUT2D eigenvalue weighted by atomic mass is 35.5. The quantitative estimate of drug-likeness (QED) is 0.664. The molecule has 4 nitrogen and oxygen atoms in total. The standard InChI is InChI=1S/C20H19ClF3N3O/c21-16-14(2-1-3-15(16)20(22,23)24)18(28)27-17(12-4-6-13(25)7-5-12)19-8-11(9-19)10-26-19/h1-7,11,17,26H,8-10,25H2,(H,27,28). The molecule has 2 saturated heterocycles. The number of hydrogen-bond donors (Lipinski definition) is 3. The molecule has 1 saturated carbocycles. The minimum Gasteiger partial charge on any atom is -0.399 e. The van der Waals surface area contributed by atoms with Crippen LogP contribution < -0.4 is 16.4 Å². The van der Waals surface area contributed by atoms with Crippen molar-refractivity contribution in [1.82, 2.24) is 10.6 Å². The summed E-state index contributed by atoms with van der Waals surface area (Å²) >= 11 is 5.93. The highest BCUT2D eigenvalue weighted by Gasteiger charge is 2.55. The Kier molecular flexibility index (Phi) is 4.55. The lowest BCUT2D eigenvalue weighted by atomic mass is 9.67. The van der Waals surface area contributed by atoms with Crippen molar-refractivity contribution < 1.29 is 18.0 Å². The lowest BCUT2D eigenvalue weighted by Gasteiger charge is -2.44. The van der Waals surface area contributed by atoms with E-state index in [-0.39, 0.29) is 11.1 Å². The van der Waals surface area contributed by atoms with E-state index >= 15 is 0 Å². The number of benzene rings is 2. The van der Waals surface area contributed by atoms with Gasteiger partial charge in [0.2, 0.25) is 0 Å². The Morgan fingerprint density at radius 2 is 1.89 bits per heavy atom. The summed E-state index contributed by atoms with van der Waals surface area (Å²) in [5, 5.41) is 5.79. The third-order valence-electron chi connectivity index (χ3n) is 5.70. The molecule has 0 radical (unpaired) electrons. The zero-order valence-electron chi connectivity index (χ0n) is 14.8. The van der Waals surface area contributed by atoms with E-state index in [0.29, 0.717) is 11.6 Å². The molecule has 2 heterocycles. The van der Waals surface area contributed by atoms with E-state index in [9.17, 15) is 18.0 Å². The summed E-state index contributed by atoms with van der Waals surface area (Å²) in [5.74, 6) is -0.0743. The van der Waals surface area contributed by atoms with Gasteiger partial charge in [-0.25, -0.2) is 0 Å². The van der Waals surface area contributed by atoms with Crippen LogP contribution in [0.3, 0.4) is 0 Å². The Labute approximate surface area is 165 Å². The molecule has 1 amide bonds. The van der Waals surface area contributed by atoms with Crippen LogP contribution in [-0.2, 0) is 6.18 Å². The zero-order chi connectivity index (χ0) is 20.1. The second-order valence-corrected chi connectivity index (χ2v) is 7.93. The fraction of sp³-hybridized carbons (Fsp3) is 0.350. The van der Waals surface area contributed by atoms with Gasteiger partial charge in [0.15, 0.2) is 0 Å². The van der Waals surface area contributed by atoms with Crippen molar-refractivity contribution in [3.63, 3.8) is 0 Å². The predicted octanol–water partition coefficient (Wildman–Crippen LogP) is 4.16. The maximum atomic E-state index is 13.1. The Morgan fingerprint density at radius 3 is 2.46 bits per heavy atom. The minimum atomic E-state index is -4.63. The van der Waals surface area contributed by atoms with Crippen LogP contribution in [0.4, 0.5) is 18.9 Å². The summed E-state index contributed by atoms with van der Waals surface area (Å²) in [6.45, 7) is 0.867. The predicted molar refractivity (Wildman–Crippen MR) is 101 cm³/mol. The molecule has 2 bridgehead atoms. The van der Waals surface area contributed by atoms with Gasteiger partial charge in [-0.05, 0) is 55.1 Å². The average molecular weight is 410 g/mol. The van der Waals surface area contributed by atoms with Gasteiger partial charge in [-0.2, -0.15) is 13.2 Å². The van der Waals surface area contributed by atoms with Crippen molar-refractivity contribution in [2.75, 3.05) is 12.3 Å². The second-order valence-electron chi connectivity index (χ2n) is 7.55. The third kappa shape index (κ3) is 3.22. The average Bonchev–Trinajstić information content (AvgIpc) is 3.21. The molecule has 3 aliphatic rings. The summed E-state index contributed by atoms with van der Waals surface area (Å²) in [5.41, 5.74) is 5.69. The normalized spacial score (nSPS) is 24.5. The Bertz CT molecular complexity index is 902. The van der Waals surface area contributed by atoms with Gasteiger partial charge in [0, 0.05) is 11.2 Å². The van der Waals surface area contributed by atoms with Crippen LogP contribution in [-0.4, -0.2) is 18.0 Å². The number of hydrogen-bond acceptors (Lipinski definition) is 3. The Morgan fingerprint density at radius 1 is 1.21 bits per heavy atom. The van der Waals surface area contributed by atoms with E-state index in [1.807, 2.05) is 12.1 Å². The number of carbonyl (C=O) groups is 1. The first kappa shape index (κ1) is 19.1. The molecular formula is C20H19ClF3N3O. The van der Waals surface area contributed by atoms with Crippen LogP contribution in [0.5, 0.6) is 0 Å². The number of amides is 1. The molecular weight excluding hydrogens is 391 g/mol. The van der Waals surface area contributed by atoms with Crippen LogP contribution in [0.15, 0.2) is 42.5 Å². The molecule has 0 spiro atoms. The molecule has 4 N–H and O–H groups in total. The van der Waals surface area contributed by atoms with Crippen LogP contribution >= 0.6 is 11.6 Å². The molecule has 28 heavy (non-hydrogen) atoms. The molecule has 148 valence electrons. The van der Waals surface area contributed by atoms with Crippen LogP contribution in [0.2, 0.25) is 5.02 Å². The summed E-state index contributed by atoms with van der Waals surface area (Å²) in [4.78, 5) is 12.9. The molecule has 1 atom stereocenters. The van der Waals surface area contributed by atoms with E-state index in [1.165, 1.54) is 12.1 Å². The first-order valence-electron chi connectivity index (χ1n) is 8.97. The van der Waals surface area contributed by atoms with E-state index in [0.717, 1.165) is 31.0 Å². The van der Waals surface area contributed by atoms with Crippen LogP contribution in [0.25, 0.3) is 0 Å². The number of alkyl halides is 3. The fourth-order valence-corrected chi connectivity index (χ4v) is 4.63. The lowest BCUT2D eigenvalue weighted by molar-refractivity contribution is -0.137. The largest absolute Gasteiger partial charge is 0.417 e. The number of fused-ring (bicyclic) bond motifs is 1. The molecule has 0 aromatic heterocycles. The molecule has 2 aromatic rings. The van der Waals surface area contributed by atoms with Crippen molar-refractivity contribution in [2.45, 2.75) is 30.6 Å². The number of halogens is 4. The van der Waals surface area contributed by atoms with Crippen molar-refractivity contribution in [1.29, 1.82) is 0 Å². The van der Waals surface area contributed by atoms with Gasteiger partial charge >= 0.3 is 6.18 Å². The number of carbonyl (C=O) groups excluding carboxylic acids is 1. The number of anilines is 1. The summed E-state index contributed by atoms with van der Waals surface area (Å²) < 4.78 is 39.4. The number of rotatable bonds is 4. The minimum absolute atomic E-state index is 0.192. The molecule has 2 aromatic carbocycles. The summed E-state index contributed by atoms with van der Waals surface area (Å²) in [7, 11) is 0. The van der Waals surface area contributed by atoms with E-state index < -0.39 is 28.7 Å². The second kappa shape index (κ2) is 6.67. The van der Waals surface area contributed by atoms with Crippen molar-refractivity contribution in [3.8, 4) is 0 Å². The highest BCUT2D eigenvalue weighted by molar-refractivity contribution is 6.34. The maximum absolute atomic E-state index is 13.1. The van der Waals surface area contributed by atoms with E-state index in [2.05, 4.69) is 10.6 Å². The van der Waals surface area contributed by atoms with Gasteiger partial charge in [0.1, 0.15) is 0 Å². The molecule has 5 rings (SSSR count). The van der Waals surface area contributed by atoms with Gasteiger partial charge in [0.05, 0.1) is 22.2 Å². The number of nitrogens with one attached hydrogen (secondary N) is 2. The molecule has 8 heteroatoms. The van der Waals surface area contributed by atoms with Gasteiger partial charge in [-0.1, -0.05) is 29.8 Å². The van der Waals surface area contributed by atoms with Crippen molar-refractivity contribution in [2.24, 2.45) is 5.92 Å². The molecule has 1 unspecified atom stereocenters. The van der Waals surface area contributed by atoms with Gasteiger partial charge < -0.3 is 16.4 Å². The summed E-state index contributed by atoms with van der Waals surface area (Å²) in [6.07, 6.45) is -2.83. The van der Waals surface area contributed by atoms with E-state index in [4.69, 9.17) is 17.3 Å². The first-order chi connectivity index (χ1) is 13.2. The van der Waals surface area contributed by atoms with Crippen LogP contribution in [0, 0.1) is 5.92 Å². The summed E-state index contributed by atoms with van der Waals surface area (Å²) in [6, 6.07) is 10.1. The topological polar surface area (TPSA) is 67.1 Å². The van der Waals surface area contributed by atoms with Crippen molar-refractivity contribution >= 4 is 23.2 Å². The zero-order valence-corrected chi connectivity index (χ0v) is 15.6. The van der Waals surface area contributed by atoms with Gasteiger partial charge in [-0.15, -0.1) is 0 Å². The monoisotopic (exact) mass is 409 g/mol. The smallest absolute Gasteiger partial charge is 0.399 e. The van der Waals surface area contributed by atoms with Gasteiger partial charge in [-0.3, -0.25) is 4.79 Å². The molecule has 2 aliphatic heterocycles. The first-order valence-corrected chi connectivity index (χ1v) is 9.34. The number of nitrogens with two attached hydrogens (primary N) is 1. The third-order valence-corrected chi connectivity index (χ3v) is 6.10. The van der Waals surface area contributed by atoms with E-state index in [1.54, 1.807) is 12.1 Å². The number of nitrogen functional groups attached to an aromatic ring is 1. The maximum Gasteiger partial charge on any atom is 0.417 e. The molecule has 1 aliphatic carbocycles.